The second-order valence-corrected chi connectivity index (χ2v) is 14.0. The van der Waals surface area contributed by atoms with Crippen LogP contribution in [0.4, 0.5) is 0 Å². The van der Waals surface area contributed by atoms with Crippen molar-refractivity contribution in [2.24, 2.45) is 11.8 Å². The van der Waals surface area contributed by atoms with Gasteiger partial charge in [-0.25, -0.2) is 0 Å². The molecule has 0 aromatic rings. The summed E-state index contributed by atoms with van der Waals surface area (Å²) in [6.07, 6.45) is 28.0. The molecule has 2 atom stereocenters. The number of allylic oxidation sites excluding steroid dienone is 18. The van der Waals surface area contributed by atoms with Gasteiger partial charge in [0.25, 0.3) is 0 Å². The van der Waals surface area contributed by atoms with E-state index in [9.17, 15) is 15.3 Å². The van der Waals surface area contributed by atoms with E-state index in [1.807, 2.05) is 30.4 Å². The molecule has 0 fully saturated rings. The van der Waals surface area contributed by atoms with E-state index in [1.165, 1.54) is 0 Å². The van der Waals surface area contributed by atoms with Crippen LogP contribution in [-0.2, 0) is 28.4 Å². The fourth-order valence-electron chi connectivity index (χ4n) is 7.21. The van der Waals surface area contributed by atoms with Crippen LogP contribution in [0.2, 0.25) is 0 Å². The van der Waals surface area contributed by atoms with Gasteiger partial charge in [0, 0.05) is 84.1 Å². The second kappa shape index (κ2) is 22.8. The lowest BCUT2D eigenvalue weighted by atomic mass is 9.80. The topological polar surface area (TPSA) is 116 Å². The van der Waals surface area contributed by atoms with E-state index in [4.69, 9.17) is 28.4 Å². The first kappa shape index (κ1) is 44.0. The van der Waals surface area contributed by atoms with Gasteiger partial charge in [-0.15, -0.1) is 5.73 Å². The number of aliphatic hydroxyl groups is 3. The Hall–Kier alpha value is -4.70. The van der Waals surface area contributed by atoms with Gasteiger partial charge in [0.05, 0.1) is 45.4 Å². The molecule has 0 aromatic carbocycles. The molecule has 0 saturated carbocycles. The molecule has 0 spiro atoms. The third kappa shape index (κ3) is 12.1. The van der Waals surface area contributed by atoms with Crippen molar-refractivity contribution in [2.75, 3.05) is 82.3 Å². The Morgan fingerprint density at radius 2 is 1.39 bits per heavy atom. The number of hydrogen-bond acceptors (Lipinski definition) is 9. The molecular formula is C47H58O9. The summed E-state index contributed by atoms with van der Waals surface area (Å²) >= 11 is 0. The van der Waals surface area contributed by atoms with Gasteiger partial charge in [0.15, 0.2) is 0 Å². The molecule has 4 rings (SSSR count). The Labute approximate surface area is 332 Å². The van der Waals surface area contributed by atoms with Crippen LogP contribution in [0.5, 0.6) is 0 Å². The molecule has 4 aliphatic carbocycles. The third-order valence-electron chi connectivity index (χ3n) is 9.74. The van der Waals surface area contributed by atoms with Crippen molar-refractivity contribution in [3.63, 3.8) is 0 Å². The normalized spacial score (nSPS) is 22.4. The van der Waals surface area contributed by atoms with Crippen molar-refractivity contribution in [2.45, 2.75) is 25.7 Å². The lowest BCUT2D eigenvalue weighted by Gasteiger charge is -2.24. The van der Waals surface area contributed by atoms with E-state index in [1.54, 1.807) is 48.7 Å². The molecule has 0 radical (unpaired) electrons. The van der Waals surface area contributed by atoms with Crippen molar-refractivity contribution in [1.29, 1.82) is 0 Å². The Balaban J connectivity index is 1.90. The van der Waals surface area contributed by atoms with E-state index < -0.39 is 0 Å². The van der Waals surface area contributed by atoms with Gasteiger partial charge in [-0.3, -0.25) is 0 Å². The zero-order chi connectivity index (χ0) is 40.5. The summed E-state index contributed by atoms with van der Waals surface area (Å²) in [7, 11) is 9.79. The smallest absolute Gasteiger partial charge is 0.117 e. The maximum atomic E-state index is 11.2. The highest BCUT2D eigenvalue weighted by Crippen LogP contribution is 2.40. The number of methoxy groups -OCH3 is 6. The van der Waals surface area contributed by atoms with Crippen LogP contribution in [0.1, 0.15) is 25.7 Å². The van der Waals surface area contributed by atoms with Gasteiger partial charge >= 0.3 is 0 Å². The largest absolute Gasteiger partial charge is 0.512 e. The molecule has 4 aliphatic rings. The van der Waals surface area contributed by atoms with E-state index >= 15 is 0 Å². The molecule has 0 aliphatic heterocycles. The van der Waals surface area contributed by atoms with Crippen LogP contribution in [0.15, 0.2) is 170 Å². The predicted molar refractivity (Wildman–Crippen MR) is 222 cm³/mol. The summed E-state index contributed by atoms with van der Waals surface area (Å²) in [5.41, 5.74) is 13.1. The van der Waals surface area contributed by atoms with Crippen LogP contribution in [0.3, 0.4) is 0 Å². The average Bonchev–Trinajstić information content (AvgIpc) is 3.57. The quantitative estimate of drug-likeness (QED) is 0.0875. The fraction of sp³-hybridized carbons (Fsp3) is 0.383. The Bertz CT molecular complexity index is 1890. The monoisotopic (exact) mass is 766 g/mol. The van der Waals surface area contributed by atoms with Crippen LogP contribution in [0.25, 0.3) is 0 Å². The molecule has 0 heterocycles. The zero-order valence-corrected chi connectivity index (χ0v) is 33.7. The first-order valence-electron chi connectivity index (χ1n) is 18.7. The number of hydrogen-bond donors (Lipinski definition) is 3. The predicted octanol–water partition coefficient (Wildman–Crippen LogP) is 9.01. The number of rotatable bonds is 19. The molecule has 9 heteroatoms. The van der Waals surface area contributed by atoms with Crippen LogP contribution in [0, 0.1) is 11.8 Å². The van der Waals surface area contributed by atoms with E-state index in [0.717, 1.165) is 50.2 Å². The van der Waals surface area contributed by atoms with Crippen LogP contribution < -0.4 is 0 Å². The van der Waals surface area contributed by atoms with Gasteiger partial charge in [-0.1, -0.05) is 61.3 Å². The van der Waals surface area contributed by atoms with Crippen LogP contribution >= 0.6 is 0 Å². The summed E-state index contributed by atoms with van der Waals surface area (Å²) in [6.45, 7) is 6.44. The van der Waals surface area contributed by atoms with Gasteiger partial charge in [0.1, 0.15) is 11.5 Å². The van der Waals surface area contributed by atoms with Crippen molar-refractivity contribution in [1.82, 2.24) is 0 Å². The van der Waals surface area contributed by atoms with Gasteiger partial charge in [-0.05, 0) is 81.7 Å². The maximum absolute atomic E-state index is 11.2. The first-order valence-corrected chi connectivity index (χ1v) is 18.7. The Morgan fingerprint density at radius 3 is 2.07 bits per heavy atom. The average molecular weight is 767 g/mol. The molecular weight excluding hydrogens is 709 g/mol. The highest BCUT2D eigenvalue weighted by atomic mass is 16.5. The van der Waals surface area contributed by atoms with Crippen molar-refractivity contribution in [3.8, 4) is 0 Å². The summed E-state index contributed by atoms with van der Waals surface area (Å²) < 4.78 is 32.9. The second-order valence-electron chi connectivity index (χ2n) is 14.0. The van der Waals surface area contributed by atoms with Gasteiger partial charge in [0.2, 0.25) is 0 Å². The highest BCUT2D eigenvalue weighted by Gasteiger charge is 2.27. The maximum Gasteiger partial charge on any atom is 0.117 e. The highest BCUT2D eigenvalue weighted by molar-refractivity contribution is 5.56. The Morgan fingerprint density at radius 1 is 0.714 bits per heavy atom. The summed E-state index contributed by atoms with van der Waals surface area (Å²) in [4.78, 5) is 0. The fourth-order valence-corrected chi connectivity index (χ4v) is 7.21. The van der Waals surface area contributed by atoms with E-state index in [2.05, 4.69) is 54.8 Å². The minimum atomic E-state index is -0.368. The zero-order valence-electron chi connectivity index (χ0n) is 33.7. The lowest BCUT2D eigenvalue weighted by Crippen LogP contribution is -2.12. The van der Waals surface area contributed by atoms with Gasteiger partial charge in [-0.2, -0.15) is 0 Å². The van der Waals surface area contributed by atoms with Gasteiger partial charge < -0.3 is 43.7 Å². The molecule has 0 aromatic heterocycles. The Kier molecular flexibility index (Phi) is 17.9. The molecule has 0 saturated heterocycles. The first-order chi connectivity index (χ1) is 27.2. The molecule has 56 heavy (non-hydrogen) atoms. The summed E-state index contributed by atoms with van der Waals surface area (Å²) in [5, 5.41) is 33.1. The molecule has 9 nitrogen and oxygen atoms in total. The summed E-state index contributed by atoms with van der Waals surface area (Å²) in [6, 6.07) is 0. The van der Waals surface area contributed by atoms with E-state index in [-0.39, 0.29) is 36.6 Å². The van der Waals surface area contributed by atoms with Crippen molar-refractivity contribution >= 4 is 0 Å². The third-order valence-corrected chi connectivity index (χ3v) is 9.74. The van der Waals surface area contributed by atoms with Crippen molar-refractivity contribution < 1.29 is 43.7 Å². The van der Waals surface area contributed by atoms with E-state index in [0.29, 0.717) is 69.0 Å². The minimum absolute atomic E-state index is 0.179. The van der Waals surface area contributed by atoms with Crippen molar-refractivity contribution in [3.05, 3.63) is 170 Å². The molecule has 2 unspecified atom stereocenters. The number of aliphatic hydroxyl groups excluding tert-OH is 3. The van der Waals surface area contributed by atoms with Crippen LogP contribution in [-0.4, -0.2) is 97.6 Å². The molecule has 0 amide bonds. The molecule has 0 bridgehead atoms. The minimum Gasteiger partial charge on any atom is -0.512 e. The molecule has 3 N–H and O–H groups in total. The summed E-state index contributed by atoms with van der Waals surface area (Å²) in [5.74, 6) is 0.0666. The number of ether oxygens (including phenoxy) is 6. The SMILES string of the molecule is C=C(/C=C/COC)C(C1=CC=C=C(C(C2=CCC=C(O)C(COC)=C2)C2=CC(COC)=C(O)CC(COC)=C2)C=C1)C1=C/C/C(COC)=C(/O)C/C(COC)=C\1. The standard InChI is InChI=1S/C47H58O9/c1-32(11-10-20-51-2)46(38-18-19-39(29-54-5)44(49)23-33(21-38)27-52-3)35-12-8-13-36(17-16-35)47(37-14-9-15-43(48)41(25-37)30-55-6)40-22-34(28-53-4)24-45(50)42(26-40)31-56-7/h8,10-12,14-18,21-22,25-26,46-50H,1,9,19-20,23-24,27-31H2,2-7H3/b11-10+,33-21+,38-18+,44-39-. The lowest BCUT2D eigenvalue weighted by molar-refractivity contribution is 0.212. The molecule has 300 valence electrons.